The number of aromatic nitrogens is 3. The second-order valence-electron chi connectivity index (χ2n) is 5.21. The molecule has 21 heavy (non-hydrogen) atoms. The molecular formula is C13H19N5O2S. The highest BCUT2D eigenvalue weighted by molar-refractivity contribution is 7.92. The summed E-state index contributed by atoms with van der Waals surface area (Å²) in [5, 5.41) is 7.38. The summed E-state index contributed by atoms with van der Waals surface area (Å²) in [6, 6.07) is 2.24. The third-order valence-corrected chi connectivity index (χ3v) is 4.76. The van der Waals surface area contributed by atoms with Crippen molar-refractivity contribution in [2.75, 3.05) is 4.72 Å². The highest BCUT2D eigenvalue weighted by Crippen LogP contribution is 2.20. The summed E-state index contributed by atoms with van der Waals surface area (Å²) in [7, 11) is -3.57. The smallest absolute Gasteiger partial charge is 0.263 e. The molecule has 0 aromatic carbocycles. The van der Waals surface area contributed by atoms with Crippen molar-refractivity contribution in [3.05, 3.63) is 30.4 Å². The molecule has 1 saturated carbocycles. The Morgan fingerprint density at radius 2 is 2.29 bits per heavy atom. The first-order chi connectivity index (χ1) is 10.1. The molecular weight excluding hydrogens is 290 g/mol. The Bertz CT molecular complexity index is 715. The van der Waals surface area contributed by atoms with Crippen molar-refractivity contribution in [3.63, 3.8) is 0 Å². The van der Waals surface area contributed by atoms with Crippen LogP contribution in [-0.4, -0.2) is 29.2 Å². The molecule has 2 heterocycles. The van der Waals surface area contributed by atoms with E-state index in [1.165, 1.54) is 25.2 Å². The average molecular weight is 309 g/mol. The van der Waals surface area contributed by atoms with Gasteiger partial charge in [0.05, 0.1) is 11.9 Å². The van der Waals surface area contributed by atoms with E-state index >= 15 is 0 Å². The van der Waals surface area contributed by atoms with Gasteiger partial charge >= 0.3 is 0 Å². The third-order valence-electron chi connectivity index (χ3n) is 3.39. The van der Waals surface area contributed by atoms with Gasteiger partial charge in [-0.2, -0.15) is 5.10 Å². The third kappa shape index (κ3) is 3.45. The maximum Gasteiger partial charge on any atom is 0.263 e. The zero-order valence-electron chi connectivity index (χ0n) is 11.8. The minimum atomic E-state index is -3.57. The number of sulfonamides is 1. The van der Waals surface area contributed by atoms with Crippen LogP contribution in [0.2, 0.25) is 0 Å². The monoisotopic (exact) mass is 309 g/mol. The molecule has 0 aliphatic heterocycles. The molecule has 3 rings (SSSR count). The number of nitrogens with one attached hydrogen (secondary N) is 3. The van der Waals surface area contributed by atoms with Gasteiger partial charge in [-0.3, -0.25) is 9.40 Å². The first-order valence-corrected chi connectivity index (χ1v) is 8.51. The van der Waals surface area contributed by atoms with Crippen molar-refractivity contribution in [2.45, 2.75) is 43.8 Å². The standard InChI is InChI=1S/C13H19N5O2S/c1-2-18-9-12(7-16-18)17-21(19,20)13-5-11(15-8-13)6-14-10-3-4-10/h5,7-10,14-15,17H,2-4,6H2,1H3. The van der Waals surface area contributed by atoms with Crippen LogP contribution in [-0.2, 0) is 23.1 Å². The van der Waals surface area contributed by atoms with Gasteiger partial charge in [0.25, 0.3) is 10.0 Å². The van der Waals surface area contributed by atoms with Crippen molar-refractivity contribution in [1.29, 1.82) is 0 Å². The first kappa shape index (κ1) is 14.2. The van der Waals surface area contributed by atoms with Crippen LogP contribution in [0.4, 0.5) is 5.69 Å². The summed E-state index contributed by atoms with van der Waals surface area (Å²) < 4.78 is 28.7. The van der Waals surface area contributed by atoms with Gasteiger partial charge in [-0.1, -0.05) is 0 Å². The summed E-state index contributed by atoms with van der Waals surface area (Å²) in [6.07, 6.45) is 7.09. The van der Waals surface area contributed by atoms with E-state index < -0.39 is 10.0 Å². The molecule has 8 heteroatoms. The van der Waals surface area contributed by atoms with Crippen molar-refractivity contribution in [1.82, 2.24) is 20.1 Å². The maximum absolute atomic E-state index is 12.3. The second kappa shape index (κ2) is 5.53. The van der Waals surface area contributed by atoms with Crippen molar-refractivity contribution in [3.8, 4) is 0 Å². The fraction of sp³-hybridized carbons (Fsp3) is 0.462. The lowest BCUT2D eigenvalue weighted by Gasteiger charge is -2.03. The minimum absolute atomic E-state index is 0.236. The Labute approximate surface area is 123 Å². The summed E-state index contributed by atoms with van der Waals surface area (Å²) in [5.74, 6) is 0. The number of anilines is 1. The summed E-state index contributed by atoms with van der Waals surface area (Å²) in [5.41, 5.74) is 1.34. The molecule has 0 amide bonds. The van der Waals surface area contributed by atoms with Crippen LogP contribution in [0.25, 0.3) is 0 Å². The largest absolute Gasteiger partial charge is 0.363 e. The number of aryl methyl sites for hydroxylation is 1. The van der Waals surface area contributed by atoms with E-state index in [9.17, 15) is 8.42 Å². The minimum Gasteiger partial charge on any atom is -0.363 e. The topological polar surface area (TPSA) is 91.8 Å². The normalized spacial score (nSPS) is 15.3. The van der Waals surface area contributed by atoms with Gasteiger partial charge in [0.1, 0.15) is 4.90 Å². The number of H-pyrrole nitrogens is 1. The number of hydrogen-bond acceptors (Lipinski definition) is 4. The Balaban J connectivity index is 1.68. The Kier molecular flexibility index (Phi) is 3.73. The summed E-state index contributed by atoms with van der Waals surface area (Å²) in [4.78, 5) is 3.23. The van der Waals surface area contributed by atoms with Crippen LogP contribution in [0.5, 0.6) is 0 Å². The number of aromatic amines is 1. The number of rotatable bonds is 7. The molecule has 0 saturated heterocycles. The molecule has 0 atom stereocenters. The molecule has 0 spiro atoms. The van der Waals surface area contributed by atoms with Crippen LogP contribution in [0, 0.1) is 0 Å². The van der Waals surface area contributed by atoms with E-state index in [0.29, 0.717) is 24.8 Å². The van der Waals surface area contributed by atoms with E-state index in [1.807, 2.05) is 6.92 Å². The molecule has 1 fully saturated rings. The highest BCUT2D eigenvalue weighted by atomic mass is 32.2. The van der Waals surface area contributed by atoms with Crippen molar-refractivity contribution in [2.24, 2.45) is 0 Å². The maximum atomic E-state index is 12.3. The molecule has 7 nitrogen and oxygen atoms in total. The lowest BCUT2D eigenvalue weighted by Crippen LogP contribution is -2.15. The first-order valence-electron chi connectivity index (χ1n) is 7.03. The van der Waals surface area contributed by atoms with Crippen LogP contribution >= 0.6 is 0 Å². The van der Waals surface area contributed by atoms with Gasteiger partial charge in [-0.05, 0) is 25.8 Å². The Morgan fingerprint density at radius 1 is 1.48 bits per heavy atom. The lowest BCUT2D eigenvalue weighted by molar-refractivity contribution is 0.601. The molecule has 0 unspecified atom stereocenters. The predicted octanol–water partition coefficient (Wildman–Crippen LogP) is 1.28. The van der Waals surface area contributed by atoms with Crippen LogP contribution in [0.15, 0.2) is 29.6 Å². The van der Waals surface area contributed by atoms with Gasteiger partial charge in [0.15, 0.2) is 0 Å². The highest BCUT2D eigenvalue weighted by Gasteiger charge is 2.21. The van der Waals surface area contributed by atoms with E-state index in [2.05, 4.69) is 20.1 Å². The molecule has 2 aromatic heterocycles. The average Bonchev–Trinajstić information content (AvgIpc) is 2.98. The lowest BCUT2D eigenvalue weighted by atomic mass is 10.4. The second-order valence-corrected chi connectivity index (χ2v) is 6.89. The molecule has 0 bridgehead atoms. The van der Waals surface area contributed by atoms with Crippen LogP contribution in [0.1, 0.15) is 25.5 Å². The van der Waals surface area contributed by atoms with E-state index in [4.69, 9.17) is 0 Å². The van der Waals surface area contributed by atoms with Crippen molar-refractivity contribution < 1.29 is 8.42 Å². The summed E-state index contributed by atoms with van der Waals surface area (Å²) >= 11 is 0. The van der Waals surface area contributed by atoms with Crippen LogP contribution < -0.4 is 10.0 Å². The van der Waals surface area contributed by atoms with Crippen molar-refractivity contribution >= 4 is 15.7 Å². The SMILES string of the molecule is CCn1cc(NS(=O)(=O)c2c[nH]c(CNC3CC3)c2)cn1. The predicted molar refractivity (Wildman–Crippen MR) is 79.4 cm³/mol. The number of nitrogens with zero attached hydrogens (tertiary/aromatic N) is 2. The molecule has 2 aromatic rings. The van der Waals surface area contributed by atoms with Gasteiger partial charge in [0.2, 0.25) is 0 Å². The van der Waals surface area contributed by atoms with E-state index in [1.54, 1.807) is 16.9 Å². The molecule has 114 valence electrons. The van der Waals surface area contributed by atoms with Crippen LogP contribution in [0.3, 0.4) is 0 Å². The van der Waals surface area contributed by atoms with Gasteiger partial charge in [-0.15, -0.1) is 0 Å². The summed E-state index contributed by atoms with van der Waals surface area (Å²) in [6.45, 7) is 3.30. The zero-order chi connectivity index (χ0) is 14.9. The Morgan fingerprint density at radius 3 is 2.95 bits per heavy atom. The molecule has 3 N–H and O–H groups in total. The van der Waals surface area contributed by atoms with Gasteiger partial charge in [-0.25, -0.2) is 8.42 Å². The molecule has 1 aliphatic rings. The van der Waals surface area contributed by atoms with Gasteiger partial charge in [0, 0.05) is 37.2 Å². The van der Waals surface area contributed by atoms with Gasteiger partial charge < -0.3 is 10.3 Å². The number of hydrogen-bond donors (Lipinski definition) is 3. The van der Waals surface area contributed by atoms with E-state index in [-0.39, 0.29) is 4.90 Å². The Hall–Kier alpha value is -1.80. The quantitative estimate of drug-likeness (QED) is 0.718. The van der Waals surface area contributed by atoms with E-state index in [0.717, 1.165) is 5.69 Å². The molecule has 0 radical (unpaired) electrons. The molecule has 1 aliphatic carbocycles. The zero-order valence-corrected chi connectivity index (χ0v) is 12.7. The fourth-order valence-corrected chi connectivity index (χ4v) is 3.07. The fourth-order valence-electron chi connectivity index (χ4n) is 2.02.